The molecule has 0 aliphatic rings. The minimum atomic E-state index is -3.85. The van der Waals surface area contributed by atoms with Crippen LogP contribution in [0.5, 0.6) is 11.5 Å². The van der Waals surface area contributed by atoms with Gasteiger partial charge < -0.3 is 14.6 Å². The van der Waals surface area contributed by atoms with Crippen LogP contribution >= 0.6 is 0 Å². The minimum Gasteiger partial charge on any atom is -0.497 e. The quantitative estimate of drug-likeness (QED) is 0.808. The van der Waals surface area contributed by atoms with E-state index in [-0.39, 0.29) is 17.2 Å². The zero-order chi connectivity index (χ0) is 16.2. The molecular weight excluding hydrogens is 298 g/mol. The molecule has 0 saturated heterocycles. The molecule has 0 aliphatic carbocycles. The number of carboxylic acids is 1. The van der Waals surface area contributed by atoms with Crippen LogP contribution in [0, 0.1) is 5.92 Å². The zero-order valence-corrected chi connectivity index (χ0v) is 13.2. The van der Waals surface area contributed by atoms with Gasteiger partial charge >= 0.3 is 5.97 Å². The summed E-state index contributed by atoms with van der Waals surface area (Å²) in [6, 6.07) is 4.33. The minimum absolute atomic E-state index is 0.0362. The number of ether oxygens (including phenoxy) is 2. The number of hydrogen-bond acceptors (Lipinski definition) is 5. The van der Waals surface area contributed by atoms with E-state index in [9.17, 15) is 13.2 Å². The molecule has 0 radical (unpaired) electrons. The molecule has 8 heteroatoms. The van der Waals surface area contributed by atoms with Crippen molar-refractivity contribution >= 4 is 16.0 Å². The number of benzene rings is 1. The normalized spacial score (nSPS) is 13.0. The van der Waals surface area contributed by atoms with E-state index in [0.29, 0.717) is 5.75 Å². The van der Waals surface area contributed by atoms with Gasteiger partial charge in [-0.15, -0.1) is 0 Å². The van der Waals surface area contributed by atoms with Gasteiger partial charge in [0, 0.05) is 19.7 Å². The van der Waals surface area contributed by atoms with Crippen molar-refractivity contribution in [3.8, 4) is 11.5 Å². The Labute approximate surface area is 124 Å². The third-order valence-electron chi connectivity index (χ3n) is 3.01. The summed E-state index contributed by atoms with van der Waals surface area (Å²) in [7, 11) is 0.303. The first-order valence-electron chi connectivity index (χ1n) is 6.15. The molecule has 0 saturated carbocycles. The van der Waals surface area contributed by atoms with E-state index < -0.39 is 21.9 Å². The van der Waals surface area contributed by atoms with E-state index in [2.05, 4.69) is 0 Å². The number of nitrogens with zero attached hydrogens (tertiary/aromatic N) is 1. The molecule has 1 aromatic carbocycles. The van der Waals surface area contributed by atoms with Crippen molar-refractivity contribution in [2.24, 2.45) is 5.92 Å². The van der Waals surface area contributed by atoms with Crippen molar-refractivity contribution in [3.63, 3.8) is 0 Å². The van der Waals surface area contributed by atoms with Crippen LogP contribution in [0.4, 0.5) is 0 Å². The summed E-state index contributed by atoms with van der Waals surface area (Å²) in [5.74, 6) is -1.26. The van der Waals surface area contributed by atoms with Gasteiger partial charge in [-0.25, -0.2) is 8.42 Å². The molecular formula is C13H19NO6S. The van der Waals surface area contributed by atoms with E-state index >= 15 is 0 Å². The van der Waals surface area contributed by atoms with Crippen molar-refractivity contribution in [1.29, 1.82) is 0 Å². The molecule has 0 aliphatic heterocycles. The predicted molar refractivity (Wildman–Crippen MR) is 76.2 cm³/mol. The van der Waals surface area contributed by atoms with Gasteiger partial charge in [-0.2, -0.15) is 4.31 Å². The largest absolute Gasteiger partial charge is 0.497 e. The third-order valence-corrected chi connectivity index (χ3v) is 4.87. The highest BCUT2D eigenvalue weighted by Crippen LogP contribution is 2.30. The van der Waals surface area contributed by atoms with Crippen LogP contribution in [-0.2, 0) is 14.8 Å². The highest BCUT2D eigenvalue weighted by atomic mass is 32.2. The first kappa shape index (κ1) is 17.3. The Hall–Kier alpha value is -1.80. The van der Waals surface area contributed by atoms with Gasteiger partial charge in [0.05, 0.1) is 20.1 Å². The SMILES string of the molecule is COc1ccc(S(=O)(=O)N(C)CC(C)C(=O)O)c(OC)c1. The number of hydrogen-bond donors (Lipinski definition) is 1. The summed E-state index contributed by atoms with van der Waals surface area (Å²) in [6.45, 7) is 1.31. The molecule has 118 valence electrons. The van der Waals surface area contributed by atoms with Crippen molar-refractivity contribution in [2.75, 3.05) is 27.8 Å². The summed E-state index contributed by atoms with van der Waals surface area (Å²) < 4.78 is 36.0. The van der Waals surface area contributed by atoms with Crippen molar-refractivity contribution in [2.45, 2.75) is 11.8 Å². The number of aliphatic carboxylic acids is 1. The summed E-state index contributed by atoms with van der Waals surface area (Å²) in [4.78, 5) is 10.8. The lowest BCUT2D eigenvalue weighted by molar-refractivity contribution is -0.141. The first-order valence-corrected chi connectivity index (χ1v) is 7.59. The second-order valence-corrected chi connectivity index (χ2v) is 6.55. The molecule has 0 heterocycles. The molecule has 0 aromatic heterocycles. The topological polar surface area (TPSA) is 93.1 Å². The molecule has 1 rings (SSSR count). The fourth-order valence-corrected chi connectivity index (χ4v) is 3.11. The monoisotopic (exact) mass is 317 g/mol. The maximum absolute atomic E-state index is 12.5. The molecule has 1 aromatic rings. The Balaban J connectivity index is 3.15. The van der Waals surface area contributed by atoms with Gasteiger partial charge in [0.2, 0.25) is 10.0 Å². The van der Waals surface area contributed by atoms with Gasteiger partial charge in [-0.1, -0.05) is 6.92 Å². The Morgan fingerprint density at radius 1 is 1.33 bits per heavy atom. The fourth-order valence-electron chi connectivity index (χ4n) is 1.72. The molecule has 1 atom stereocenters. The van der Waals surface area contributed by atoms with Gasteiger partial charge in [-0.3, -0.25) is 4.79 Å². The van der Waals surface area contributed by atoms with Crippen LogP contribution in [0.15, 0.2) is 23.1 Å². The number of rotatable bonds is 7. The Kier molecular flexibility index (Phi) is 5.56. The summed E-state index contributed by atoms with van der Waals surface area (Å²) in [5, 5.41) is 8.87. The van der Waals surface area contributed by atoms with Gasteiger partial charge in [0.25, 0.3) is 0 Å². The summed E-state index contributed by atoms with van der Waals surface area (Å²) in [5.41, 5.74) is 0. The maximum Gasteiger partial charge on any atom is 0.307 e. The zero-order valence-electron chi connectivity index (χ0n) is 12.4. The van der Waals surface area contributed by atoms with Crippen molar-refractivity contribution in [3.05, 3.63) is 18.2 Å². The summed E-state index contributed by atoms with van der Waals surface area (Å²) >= 11 is 0. The van der Waals surface area contributed by atoms with Crippen molar-refractivity contribution < 1.29 is 27.8 Å². The van der Waals surface area contributed by atoms with Gasteiger partial charge in [0.15, 0.2) is 0 Å². The average Bonchev–Trinajstić information content (AvgIpc) is 2.45. The van der Waals surface area contributed by atoms with E-state index in [0.717, 1.165) is 4.31 Å². The molecule has 0 fully saturated rings. The third kappa shape index (κ3) is 3.85. The smallest absolute Gasteiger partial charge is 0.307 e. The Bertz CT molecular complexity index is 613. The highest BCUT2D eigenvalue weighted by Gasteiger charge is 2.27. The lowest BCUT2D eigenvalue weighted by atomic mass is 10.2. The van der Waals surface area contributed by atoms with Crippen LogP contribution in [0.2, 0.25) is 0 Å². The molecule has 0 spiro atoms. The predicted octanol–water partition coefficient (Wildman–Crippen LogP) is 1.04. The molecule has 1 unspecified atom stereocenters. The molecule has 21 heavy (non-hydrogen) atoms. The fraction of sp³-hybridized carbons (Fsp3) is 0.462. The lowest BCUT2D eigenvalue weighted by Crippen LogP contribution is -2.33. The van der Waals surface area contributed by atoms with E-state index in [1.807, 2.05) is 0 Å². The number of carbonyl (C=O) groups is 1. The Morgan fingerprint density at radius 3 is 2.43 bits per heavy atom. The van der Waals surface area contributed by atoms with Crippen LogP contribution < -0.4 is 9.47 Å². The molecule has 1 N–H and O–H groups in total. The van der Waals surface area contributed by atoms with Crippen LogP contribution in [0.3, 0.4) is 0 Å². The lowest BCUT2D eigenvalue weighted by Gasteiger charge is -2.20. The summed E-state index contributed by atoms with van der Waals surface area (Å²) in [6.07, 6.45) is 0. The number of methoxy groups -OCH3 is 2. The molecule has 7 nitrogen and oxygen atoms in total. The first-order chi connectivity index (χ1) is 9.73. The maximum atomic E-state index is 12.5. The van der Waals surface area contributed by atoms with Crippen LogP contribution in [0.25, 0.3) is 0 Å². The second kappa shape index (κ2) is 6.77. The Morgan fingerprint density at radius 2 is 1.95 bits per heavy atom. The van der Waals surface area contributed by atoms with Gasteiger partial charge in [0.1, 0.15) is 16.4 Å². The molecule has 0 bridgehead atoms. The highest BCUT2D eigenvalue weighted by molar-refractivity contribution is 7.89. The van der Waals surface area contributed by atoms with Crippen LogP contribution in [-0.4, -0.2) is 51.6 Å². The van der Waals surface area contributed by atoms with E-state index in [4.69, 9.17) is 14.6 Å². The van der Waals surface area contributed by atoms with Crippen molar-refractivity contribution in [1.82, 2.24) is 4.31 Å². The average molecular weight is 317 g/mol. The van der Waals surface area contributed by atoms with E-state index in [1.165, 1.54) is 46.4 Å². The van der Waals surface area contributed by atoms with Crippen LogP contribution in [0.1, 0.15) is 6.92 Å². The van der Waals surface area contributed by atoms with Gasteiger partial charge in [-0.05, 0) is 12.1 Å². The standard InChI is InChI=1S/C13H19NO6S/c1-9(13(15)16)8-14(2)21(17,18)12-6-5-10(19-3)7-11(12)20-4/h5-7,9H,8H2,1-4H3,(H,15,16). The number of carboxylic acid groups (broad SMARTS) is 1. The van der Waals surface area contributed by atoms with E-state index in [1.54, 1.807) is 0 Å². The number of sulfonamides is 1. The molecule has 0 amide bonds. The second-order valence-electron chi connectivity index (χ2n) is 4.54.